The molecule has 4 rings (SSSR count). The smallest absolute Gasteiger partial charge is 0.241 e. The number of benzene rings is 3. The summed E-state index contributed by atoms with van der Waals surface area (Å²) in [6.07, 6.45) is 3.33. The third-order valence-electron chi connectivity index (χ3n) is 4.90. The highest BCUT2D eigenvalue weighted by Gasteiger charge is 2.32. The monoisotopic (exact) mass is 547 g/mol. The first kappa shape index (κ1) is 21.3. The van der Waals surface area contributed by atoms with Gasteiger partial charge in [-0.05, 0) is 70.4 Å². The van der Waals surface area contributed by atoms with Gasteiger partial charge in [0.05, 0.1) is 15.4 Å². The lowest BCUT2D eigenvalue weighted by Crippen LogP contribution is -2.39. The molecular weight excluding hydrogens is 530 g/mol. The van der Waals surface area contributed by atoms with Crippen LogP contribution in [0.4, 0.5) is 0 Å². The number of nitrogens with one attached hydrogen (secondary N) is 1. The number of fused-ring (bicyclic) bond motifs is 1. The maximum Gasteiger partial charge on any atom is 0.241 e. The molecular formula is C23H19Br2NO3S. The molecule has 2 atom stereocenters. The fraction of sp³-hybridized carbons (Fsp3) is 0.130. The summed E-state index contributed by atoms with van der Waals surface area (Å²) in [4.78, 5) is 0.226. The van der Waals surface area contributed by atoms with E-state index in [0.717, 1.165) is 25.6 Å². The summed E-state index contributed by atoms with van der Waals surface area (Å²) in [5, 5.41) is 0. The Kier molecular flexibility index (Phi) is 6.16. The lowest BCUT2D eigenvalue weighted by Gasteiger charge is -2.31. The minimum absolute atomic E-state index is 0.226. The number of ether oxygens (including phenoxy) is 1. The molecule has 0 spiro atoms. The molecule has 1 aliphatic rings. The van der Waals surface area contributed by atoms with Crippen molar-refractivity contribution in [1.82, 2.24) is 4.72 Å². The summed E-state index contributed by atoms with van der Waals surface area (Å²) in [5.74, 6) is 0.631. The van der Waals surface area contributed by atoms with Gasteiger partial charge in [-0.2, -0.15) is 4.72 Å². The van der Waals surface area contributed by atoms with Gasteiger partial charge in [-0.1, -0.05) is 64.0 Å². The van der Waals surface area contributed by atoms with Gasteiger partial charge in [0, 0.05) is 4.47 Å². The molecule has 0 radical (unpaired) electrons. The number of aryl methyl sites for hydroxylation is 1. The summed E-state index contributed by atoms with van der Waals surface area (Å²) >= 11 is 6.95. The quantitative estimate of drug-likeness (QED) is 0.424. The largest absolute Gasteiger partial charge is 0.483 e. The Bertz CT molecular complexity index is 1210. The molecule has 0 aliphatic heterocycles. The van der Waals surface area contributed by atoms with Gasteiger partial charge in [0.2, 0.25) is 10.0 Å². The summed E-state index contributed by atoms with van der Waals surface area (Å²) in [6.45, 7) is 1.92. The van der Waals surface area contributed by atoms with Crippen LogP contribution >= 0.6 is 31.9 Å². The van der Waals surface area contributed by atoms with Crippen molar-refractivity contribution in [2.24, 2.45) is 0 Å². The highest BCUT2D eigenvalue weighted by molar-refractivity contribution is 9.11. The van der Waals surface area contributed by atoms with Gasteiger partial charge in [-0.25, -0.2) is 8.42 Å². The van der Waals surface area contributed by atoms with Gasteiger partial charge in [0.15, 0.2) is 0 Å². The number of rotatable bonds is 5. The molecule has 4 nitrogen and oxygen atoms in total. The second-order valence-electron chi connectivity index (χ2n) is 7.06. The Morgan fingerprint density at radius 3 is 2.43 bits per heavy atom. The fourth-order valence-corrected chi connectivity index (χ4v) is 5.71. The van der Waals surface area contributed by atoms with Crippen LogP contribution in [-0.4, -0.2) is 14.5 Å². The minimum atomic E-state index is -3.74. The lowest BCUT2D eigenvalue weighted by molar-refractivity contribution is 0.207. The maximum atomic E-state index is 13.1. The Labute approximate surface area is 193 Å². The van der Waals surface area contributed by atoms with Crippen LogP contribution in [-0.2, 0) is 10.0 Å². The van der Waals surface area contributed by atoms with E-state index < -0.39 is 22.2 Å². The number of hydrogen-bond acceptors (Lipinski definition) is 3. The molecule has 0 fully saturated rings. The first-order valence-corrected chi connectivity index (χ1v) is 12.4. The number of halogens is 2. The Hall–Kier alpha value is -1.93. The zero-order valence-electron chi connectivity index (χ0n) is 16.0. The van der Waals surface area contributed by atoms with Crippen molar-refractivity contribution < 1.29 is 13.2 Å². The first-order valence-electron chi connectivity index (χ1n) is 9.31. The van der Waals surface area contributed by atoms with Crippen LogP contribution in [0.25, 0.3) is 6.08 Å². The van der Waals surface area contributed by atoms with Crippen LogP contribution in [0.1, 0.15) is 22.7 Å². The zero-order chi connectivity index (χ0) is 21.3. The zero-order valence-corrected chi connectivity index (χ0v) is 20.0. The molecule has 0 saturated heterocycles. The van der Waals surface area contributed by atoms with Gasteiger partial charge in [0.1, 0.15) is 11.9 Å². The molecule has 0 bridgehead atoms. The molecule has 0 amide bonds. The van der Waals surface area contributed by atoms with Crippen LogP contribution in [0.2, 0.25) is 0 Å². The van der Waals surface area contributed by atoms with Crippen molar-refractivity contribution >= 4 is 48.0 Å². The normalized spacial score (nSPS) is 18.1. The van der Waals surface area contributed by atoms with Crippen LogP contribution in [0.15, 0.2) is 86.6 Å². The molecule has 154 valence electrons. The SMILES string of the molecule is Cc1ccc(S(=O)(=O)N[C@@H]2c3ccccc3C=C[C@H]2Oc2ccc(Br)cc2Br)cc1. The highest BCUT2D eigenvalue weighted by atomic mass is 79.9. The predicted octanol–water partition coefficient (Wildman–Crippen LogP) is 6.01. The Morgan fingerprint density at radius 1 is 0.967 bits per heavy atom. The van der Waals surface area contributed by atoms with Crippen molar-refractivity contribution in [3.05, 3.63) is 98.4 Å². The lowest BCUT2D eigenvalue weighted by atomic mass is 9.91. The van der Waals surface area contributed by atoms with Crippen LogP contribution in [0.5, 0.6) is 5.75 Å². The summed E-state index contributed by atoms with van der Waals surface area (Å²) in [5.41, 5.74) is 2.83. The van der Waals surface area contributed by atoms with E-state index in [1.807, 2.05) is 61.5 Å². The average Bonchev–Trinajstić information content (AvgIpc) is 2.72. The van der Waals surface area contributed by atoms with Crippen LogP contribution < -0.4 is 9.46 Å². The van der Waals surface area contributed by atoms with E-state index in [9.17, 15) is 8.42 Å². The summed E-state index contributed by atoms with van der Waals surface area (Å²) in [7, 11) is -3.74. The molecule has 0 saturated carbocycles. The molecule has 3 aromatic rings. The van der Waals surface area contributed by atoms with E-state index in [-0.39, 0.29) is 4.90 Å². The van der Waals surface area contributed by atoms with Crippen LogP contribution in [0.3, 0.4) is 0 Å². The Morgan fingerprint density at radius 2 is 1.70 bits per heavy atom. The van der Waals surface area contributed by atoms with Gasteiger partial charge in [0.25, 0.3) is 0 Å². The van der Waals surface area contributed by atoms with Crippen molar-refractivity contribution in [3.8, 4) is 5.75 Å². The number of hydrogen-bond donors (Lipinski definition) is 1. The second kappa shape index (κ2) is 8.67. The standard InChI is InChI=1S/C23H19Br2NO3S/c1-15-6-10-18(11-7-15)30(27,28)26-23-19-5-3-2-4-16(19)8-12-22(23)29-21-13-9-17(24)14-20(21)25/h2-14,22-23,26H,1H3/t22-,23-/m1/s1. The molecule has 0 unspecified atom stereocenters. The highest BCUT2D eigenvalue weighted by Crippen LogP contribution is 2.35. The van der Waals surface area contributed by atoms with Gasteiger partial charge in [-0.3, -0.25) is 0 Å². The number of sulfonamides is 1. The van der Waals surface area contributed by atoms with Crippen molar-refractivity contribution in [2.75, 3.05) is 0 Å². The maximum absolute atomic E-state index is 13.1. The fourth-order valence-electron chi connectivity index (χ4n) is 3.34. The van der Waals surface area contributed by atoms with Crippen LogP contribution in [0, 0.1) is 6.92 Å². The predicted molar refractivity (Wildman–Crippen MR) is 126 cm³/mol. The van der Waals surface area contributed by atoms with E-state index in [0.29, 0.717) is 5.75 Å². The average molecular weight is 549 g/mol. The third kappa shape index (κ3) is 4.54. The molecule has 0 heterocycles. The topological polar surface area (TPSA) is 55.4 Å². The van der Waals surface area contributed by atoms with Gasteiger partial charge in [-0.15, -0.1) is 0 Å². The second-order valence-corrected chi connectivity index (χ2v) is 10.5. The van der Waals surface area contributed by atoms with E-state index in [1.165, 1.54) is 0 Å². The van der Waals surface area contributed by atoms with Crippen molar-refractivity contribution in [3.63, 3.8) is 0 Å². The van der Waals surface area contributed by atoms with E-state index >= 15 is 0 Å². The molecule has 3 aromatic carbocycles. The molecule has 1 N–H and O–H groups in total. The minimum Gasteiger partial charge on any atom is -0.483 e. The van der Waals surface area contributed by atoms with E-state index in [4.69, 9.17) is 4.74 Å². The van der Waals surface area contributed by atoms with Crippen molar-refractivity contribution in [1.29, 1.82) is 0 Å². The summed E-state index contributed by atoms with van der Waals surface area (Å²) in [6, 6.07) is 19.6. The van der Waals surface area contributed by atoms with Gasteiger partial charge >= 0.3 is 0 Å². The summed E-state index contributed by atoms with van der Waals surface area (Å²) < 4.78 is 37.0. The van der Waals surface area contributed by atoms with Gasteiger partial charge < -0.3 is 4.74 Å². The third-order valence-corrected chi connectivity index (χ3v) is 7.47. The molecule has 0 aromatic heterocycles. The molecule has 1 aliphatic carbocycles. The van der Waals surface area contributed by atoms with E-state index in [2.05, 4.69) is 36.6 Å². The molecule has 7 heteroatoms. The Balaban J connectivity index is 1.70. The molecule has 30 heavy (non-hydrogen) atoms. The van der Waals surface area contributed by atoms with E-state index in [1.54, 1.807) is 24.3 Å². The van der Waals surface area contributed by atoms with Crippen molar-refractivity contribution in [2.45, 2.75) is 24.0 Å². The first-order chi connectivity index (χ1) is 14.3.